The van der Waals surface area contributed by atoms with Crippen molar-refractivity contribution >= 4 is 32.3 Å². The summed E-state index contributed by atoms with van der Waals surface area (Å²) in [6.07, 6.45) is 1.02. The minimum Gasteiger partial charge on any atom is -0.359 e. The van der Waals surface area contributed by atoms with E-state index in [2.05, 4.69) is 5.32 Å². The van der Waals surface area contributed by atoms with E-state index in [-0.39, 0.29) is 21.1 Å². The predicted octanol–water partition coefficient (Wildman–Crippen LogP) is 0.182. The molecule has 0 aromatic heterocycles. The van der Waals surface area contributed by atoms with E-state index in [9.17, 15) is 9.59 Å². The largest absolute Gasteiger partial charge is 0.359 e. The van der Waals surface area contributed by atoms with Gasteiger partial charge in [-0.1, -0.05) is 11.2 Å². The van der Waals surface area contributed by atoms with Crippen molar-refractivity contribution in [3.63, 3.8) is 0 Å². The van der Waals surface area contributed by atoms with E-state index in [4.69, 9.17) is 11.2 Å². The molecule has 0 fully saturated rings. The molecule has 0 aliphatic heterocycles. The van der Waals surface area contributed by atoms with Crippen LogP contribution in [0.5, 0.6) is 0 Å². The van der Waals surface area contributed by atoms with Gasteiger partial charge < -0.3 is 5.32 Å². The Hall–Kier alpha value is -0.290. The molecule has 0 saturated heterocycles. The molecule has 13 heavy (non-hydrogen) atoms. The van der Waals surface area contributed by atoms with Crippen LogP contribution in [0.3, 0.4) is 0 Å². The van der Waals surface area contributed by atoms with Crippen molar-refractivity contribution in [2.45, 2.75) is 19.8 Å². The minimum atomic E-state index is -0.211. The van der Waals surface area contributed by atoms with Gasteiger partial charge in [0.15, 0.2) is 0 Å². The van der Waals surface area contributed by atoms with E-state index in [0.29, 0.717) is 18.6 Å². The molecule has 0 aromatic rings. The van der Waals surface area contributed by atoms with Gasteiger partial charge in [0.1, 0.15) is 5.78 Å². The number of nitrogens with one attached hydrogen (secondary N) is 1. The van der Waals surface area contributed by atoms with Crippen molar-refractivity contribution in [3.05, 3.63) is 0 Å². The van der Waals surface area contributed by atoms with Gasteiger partial charge in [-0.2, -0.15) is 0 Å². The zero-order valence-corrected chi connectivity index (χ0v) is 9.59. The van der Waals surface area contributed by atoms with Gasteiger partial charge in [-0.05, 0) is 6.92 Å². The van der Waals surface area contributed by atoms with Crippen LogP contribution in [0.1, 0.15) is 19.8 Å². The summed E-state index contributed by atoms with van der Waals surface area (Å²) in [4.78, 5) is 21.5. The van der Waals surface area contributed by atoms with Gasteiger partial charge in [0.05, 0.1) is 0 Å². The Balaban J connectivity index is 3.52. The molecule has 1 amide bonds. The van der Waals surface area contributed by atoms with Gasteiger partial charge in [0.2, 0.25) is 5.91 Å². The Morgan fingerprint density at radius 3 is 2.31 bits per heavy atom. The molecule has 0 radical (unpaired) electrons. The second-order valence-corrected chi connectivity index (χ2v) is 5.83. The van der Waals surface area contributed by atoms with E-state index in [0.717, 1.165) is 5.75 Å². The summed E-state index contributed by atoms with van der Waals surface area (Å²) < 4.78 is 0. The highest BCUT2D eigenvalue weighted by molar-refractivity contribution is 8.28. The fourth-order valence-corrected chi connectivity index (χ4v) is 2.32. The van der Waals surface area contributed by atoms with Crippen LogP contribution in [-0.2, 0) is 30.2 Å². The zero-order valence-electron chi connectivity index (χ0n) is 7.96. The summed E-state index contributed by atoms with van der Waals surface area (Å²) in [6.45, 7) is 1.56. The first-order valence-electron chi connectivity index (χ1n) is 4.11. The van der Waals surface area contributed by atoms with Crippen LogP contribution in [0.2, 0.25) is 0 Å². The quantitative estimate of drug-likeness (QED) is 0.696. The smallest absolute Gasteiger partial charge is 0.220 e. The normalized spacial score (nSPS) is 12.2. The second-order valence-electron chi connectivity index (χ2n) is 2.72. The number of carbonyl (C=O) groups is 2. The SMILES string of the molecule is CNC(=O)CCS(=S)CCC(C)=O. The summed E-state index contributed by atoms with van der Waals surface area (Å²) in [5.41, 5.74) is 0. The van der Waals surface area contributed by atoms with Crippen molar-refractivity contribution in [1.82, 2.24) is 5.32 Å². The number of carbonyl (C=O) groups excluding carboxylic acids is 2. The monoisotopic (exact) mass is 221 g/mol. The van der Waals surface area contributed by atoms with E-state index >= 15 is 0 Å². The molecule has 0 bridgehead atoms. The van der Waals surface area contributed by atoms with Crippen molar-refractivity contribution in [2.75, 3.05) is 18.6 Å². The third-order valence-electron chi connectivity index (χ3n) is 1.52. The molecular formula is C8H15NO2S2. The number of amides is 1. The highest BCUT2D eigenvalue weighted by Gasteiger charge is 2.02. The highest BCUT2D eigenvalue weighted by atomic mass is 32.8. The predicted molar refractivity (Wildman–Crippen MR) is 58.4 cm³/mol. The third-order valence-corrected chi connectivity index (χ3v) is 3.84. The van der Waals surface area contributed by atoms with Gasteiger partial charge in [-0.15, -0.1) is 9.45 Å². The van der Waals surface area contributed by atoms with Gasteiger partial charge in [-0.25, -0.2) is 0 Å². The molecule has 1 unspecified atom stereocenters. The fourth-order valence-electron chi connectivity index (χ4n) is 0.691. The van der Waals surface area contributed by atoms with Gasteiger partial charge in [0.25, 0.3) is 0 Å². The van der Waals surface area contributed by atoms with Crippen LogP contribution in [0.15, 0.2) is 0 Å². The molecule has 0 rings (SSSR count). The number of rotatable bonds is 6. The summed E-state index contributed by atoms with van der Waals surface area (Å²) in [5.74, 6) is 1.64. The molecular weight excluding hydrogens is 206 g/mol. The van der Waals surface area contributed by atoms with E-state index in [1.807, 2.05) is 0 Å². The lowest BCUT2D eigenvalue weighted by Crippen LogP contribution is -2.20. The van der Waals surface area contributed by atoms with Crippen LogP contribution in [-0.4, -0.2) is 30.2 Å². The first-order chi connectivity index (χ1) is 6.06. The van der Waals surface area contributed by atoms with Crippen molar-refractivity contribution in [1.29, 1.82) is 0 Å². The topological polar surface area (TPSA) is 46.2 Å². The number of hydrogen-bond acceptors (Lipinski definition) is 3. The van der Waals surface area contributed by atoms with Crippen LogP contribution < -0.4 is 5.32 Å². The summed E-state index contributed by atoms with van der Waals surface area (Å²) in [7, 11) is 1.40. The Bertz CT molecular complexity index is 216. The summed E-state index contributed by atoms with van der Waals surface area (Å²) >= 11 is 5.12. The Kier molecular flexibility index (Phi) is 6.99. The molecule has 0 spiro atoms. The molecule has 1 atom stereocenters. The van der Waals surface area contributed by atoms with Crippen LogP contribution in [0, 0.1) is 0 Å². The van der Waals surface area contributed by atoms with Gasteiger partial charge in [0, 0.05) is 31.4 Å². The summed E-state index contributed by atoms with van der Waals surface area (Å²) in [6, 6.07) is 0. The molecule has 0 aromatic carbocycles. The van der Waals surface area contributed by atoms with E-state index in [1.54, 1.807) is 14.0 Å². The fraction of sp³-hybridized carbons (Fsp3) is 0.750. The van der Waals surface area contributed by atoms with Crippen LogP contribution in [0.4, 0.5) is 0 Å². The molecule has 1 N–H and O–H groups in total. The standard InChI is InChI=1S/C8H15NO2S2/c1-7(10)3-5-13(12)6-4-8(11)9-2/h3-6H2,1-2H3,(H,9,11). The lowest BCUT2D eigenvalue weighted by atomic mass is 10.4. The van der Waals surface area contributed by atoms with E-state index < -0.39 is 0 Å². The third kappa shape index (κ3) is 8.05. The molecule has 0 heterocycles. The first kappa shape index (κ1) is 12.7. The molecule has 76 valence electrons. The first-order valence-corrected chi connectivity index (χ1v) is 6.60. The Morgan fingerprint density at radius 2 is 1.85 bits per heavy atom. The molecule has 0 aliphatic carbocycles. The average Bonchev–Trinajstić information content (AvgIpc) is 2.10. The average molecular weight is 221 g/mol. The highest BCUT2D eigenvalue weighted by Crippen LogP contribution is 1.93. The van der Waals surface area contributed by atoms with Crippen molar-refractivity contribution in [3.8, 4) is 0 Å². The maximum Gasteiger partial charge on any atom is 0.220 e. The molecule has 5 heteroatoms. The van der Waals surface area contributed by atoms with Gasteiger partial charge in [-0.3, -0.25) is 9.59 Å². The van der Waals surface area contributed by atoms with Crippen molar-refractivity contribution < 1.29 is 9.59 Å². The molecule has 0 saturated carbocycles. The second kappa shape index (κ2) is 7.15. The maximum absolute atomic E-state index is 10.8. The molecule has 0 aliphatic rings. The number of ketones is 1. The Labute approximate surface area is 85.9 Å². The lowest BCUT2D eigenvalue weighted by Gasteiger charge is -2.02. The number of hydrogen-bond donors (Lipinski definition) is 1. The lowest BCUT2D eigenvalue weighted by molar-refractivity contribution is -0.120. The Morgan fingerprint density at radius 1 is 1.31 bits per heavy atom. The number of Topliss-reactive ketones (excluding diaryl/α,β-unsaturated/α-hetero) is 1. The van der Waals surface area contributed by atoms with Crippen LogP contribution in [0.25, 0.3) is 0 Å². The minimum absolute atomic E-state index is 0.0187. The zero-order chi connectivity index (χ0) is 10.3. The van der Waals surface area contributed by atoms with Gasteiger partial charge >= 0.3 is 0 Å². The maximum atomic E-state index is 10.8. The van der Waals surface area contributed by atoms with E-state index in [1.165, 1.54) is 0 Å². The molecule has 3 nitrogen and oxygen atoms in total. The van der Waals surface area contributed by atoms with Crippen LogP contribution >= 0.6 is 0 Å². The van der Waals surface area contributed by atoms with Crippen molar-refractivity contribution in [2.24, 2.45) is 0 Å². The summed E-state index contributed by atoms with van der Waals surface area (Å²) in [5, 5.41) is 2.54.